The first-order valence-corrected chi connectivity index (χ1v) is 11.1. The Kier molecular flexibility index (Phi) is 7.22. The van der Waals surface area contributed by atoms with E-state index in [2.05, 4.69) is 5.32 Å². The van der Waals surface area contributed by atoms with Gasteiger partial charge in [-0.25, -0.2) is 21.6 Å². The Morgan fingerprint density at radius 2 is 1.62 bits per heavy atom. The molecular weight excluding hydrogens is 465 g/mol. The number of hydrogen-bond donors (Lipinski definition) is 1. The number of amides is 1. The quantitative estimate of drug-likeness (QED) is 0.487. The molecule has 3 aromatic rings. The summed E-state index contributed by atoms with van der Waals surface area (Å²) < 4.78 is 67.9. The van der Waals surface area contributed by atoms with Gasteiger partial charge in [-0.15, -0.1) is 0 Å². The van der Waals surface area contributed by atoms with Crippen molar-refractivity contribution in [3.63, 3.8) is 0 Å². The fraction of sp³-hybridized carbons (Fsp3) is 0.136. The van der Waals surface area contributed by atoms with Gasteiger partial charge in [-0.1, -0.05) is 35.9 Å². The van der Waals surface area contributed by atoms with Crippen LogP contribution in [0.3, 0.4) is 0 Å². The van der Waals surface area contributed by atoms with E-state index in [1.54, 1.807) is 31.2 Å². The van der Waals surface area contributed by atoms with Crippen molar-refractivity contribution in [3.8, 4) is 0 Å². The van der Waals surface area contributed by atoms with Crippen molar-refractivity contribution >= 4 is 33.2 Å². The second-order valence-electron chi connectivity index (χ2n) is 6.92. The molecule has 10 heteroatoms. The number of carbonyl (C=O) groups excluding carboxylic acids is 1. The summed E-state index contributed by atoms with van der Waals surface area (Å²) in [5, 5.41) is 2.43. The van der Waals surface area contributed by atoms with Crippen molar-refractivity contribution in [1.82, 2.24) is 4.31 Å². The number of nitrogens with zero attached hydrogens (tertiary/aromatic N) is 1. The Morgan fingerprint density at radius 1 is 0.969 bits per heavy atom. The number of nitrogens with one attached hydrogen (secondary N) is 1. The fourth-order valence-electron chi connectivity index (χ4n) is 2.93. The number of halogens is 4. The van der Waals surface area contributed by atoms with Crippen molar-refractivity contribution in [3.05, 3.63) is 94.3 Å². The summed E-state index contributed by atoms with van der Waals surface area (Å²) in [5.74, 6) is -5.66. The maximum Gasteiger partial charge on any atom is 0.243 e. The highest BCUT2D eigenvalue weighted by atomic mass is 35.5. The van der Waals surface area contributed by atoms with Crippen LogP contribution in [0.4, 0.5) is 18.9 Å². The van der Waals surface area contributed by atoms with Crippen molar-refractivity contribution in [2.24, 2.45) is 0 Å². The lowest BCUT2D eigenvalue weighted by molar-refractivity contribution is -0.116. The van der Waals surface area contributed by atoms with E-state index in [-0.39, 0.29) is 11.4 Å². The molecule has 5 nitrogen and oxygen atoms in total. The summed E-state index contributed by atoms with van der Waals surface area (Å²) in [6, 6.07) is 13.9. The topological polar surface area (TPSA) is 66.5 Å². The predicted octanol–water partition coefficient (Wildman–Crippen LogP) is 4.90. The molecule has 3 rings (SSSR count). The zero-order valence-corrected chi connectivity index (χ0v) is 18.4. The van der Waals surface area contributed by atoms with Crippen molar-refractivity contribution in [1.29, 1.82) is 0 Å². The Hall–Kier alpha value is -2.88. The average molecular weight is 483 g/mol. The molecule has 0 aliphatic carbocycles. The number of carbonyl (C=O) groups is 1. The van der Waals surface area contributed by atoms with E-state index in [0.29, 0.717) is 16.7 Å². The fourth-order valence-corrected chi connectivity index (χ4v) is 4.43. The Balaban J connectivity index is 1.92. The van der Waals surface area contributed by atoms with Gasteiger partial charge in [0.25, 0.3) is 0 Å². The molecule has 0 fully saturated rings. The second kappa shape index (κ2) is 9.72. The summed E-state index contributed by atoms with van der Waals surface area (Å²) in [5.41, 5.74) is 0.848. The first-order chi connectivity index (χ1) is 15.1. The zero-order valence-electron chi connectivity index (χ0n) is 16.8. The third kappa shape index (κ3) is 5.29. The van der Waals surface area contributed by atoms with Crippen LogP contribution in [0.25, 0.3) is 0 Å². The van der Waals surface area contributed by atoms with Crippen LogP contribution >= 0.6 is 11.6 Å². The summed E-state index contributed by atoms with van der Waals surface area (Å²) in [7, 11) is -4.16. The van der Waals surface area contributed by atoms with Crippen molar-refractivity contribution < 1.29 is 26.4 Å². The zero-order chi connectivity index (χ0) is 23.5. The van der Waals surface area contributed by atoms with Crippen LogP contribution in [0.1, 0.15) is 11.1 Å². The molecule has 0 aromatic heterocycles. The Bertz CT molecular complexity index is 1250. The third-order valence-electron chi connectivity index (χ3n) is 4.69. The number of aryl methyl sites for hydroxylation is 1. The average Bonchev–Trinajstić information content (AvgIpc) is 2.75. The molecule has 0 aliphatic heterocycles. The van der Waals surface area contributed by atoms with Crippen LogP contribution in [0.5, 0.6) is 0 Å². The second-order valence-corrected chi connectivity index (χ2v) is 9.30. The van der Waals surface area contributed by atoms with Crippen LogP contribution < -0.4 is 5.32 Å². The van der Waals surface area contributed by atoms with Crippen molar-refractivity contribution in [2.45, 2.75) is 18.4 Å². The standard InChI is InChI=1S/C22H18ClF3N2O3S/c1-14-4-2-3-5-15(14)12-28(32(30,31)17-8-6-16(23)7-9-17)13-20(29)27-19-11-10-18(24)21(25)22(19)26/h2-11H,12-13H2,1H3,(H,27,29). The lowest BCUT2D eigenvalue weighted by Gasteiger charge is -2.23. The van der Waals surface area contributed by atoms with Gasteiger partial charge < -0.3 is 5.32 Å². The van der Waals surface area contributed by atoms with E-state index < -0.39 is 45.6 Å². The van der Waals surface area contributed by atoms with Gasteiger partial charge in [-0.2, -0.15) is 4.31 Å². The molecule has 3 aromatic carbocycles. The van der Waals surface area contributed by atoms with E-state index >= 15 is 0 Å². The van der Waals surface area contributed by atoms with Crippen LogP contribution in [0, 0.1) is 24.4 Å². The molecular formula is C22H18ClF3N2O3S. The predicted molar refractivity (Wildman–Crippen MR) is 115 cm³/mol. The van der Waals surface area contributed by atoms with Crippen LogP contribution in [-0.4, -0.2) is 25.2 Å². The number of rotatable bonds is 7. The van der Waals surface area contributed by atoms with Crippen molar-refractivity contribution in [2.75, 3.05) is 11.9 Å². The van der Waals surface area contributed by atoms with Gasteiger partial charge in [0, 0.05) is 11.6 Å². The summed E-state index contributed by atoms with van der Waals surface area (Å²) in [6.07, 6.45) is 0. The van der Waals surface area contributed by atoms with Gasteiger partial charge in [0.2, 0.25) is 15.9 Å². The summed E-state index contributed by atoms with van der Waals surface area (Å²) in [6.45, 7) is 0.947. The molecule has 0 saturated carbocycles. The summed E-state index contributed by atoms with van der Waals surface area (Å²) in [4.78, 5) is 12.5. The van der Waals surface area contributed by atoms with E-state index in [0.717, 1.165) is 15.9 Å². The first-order valence-electron chi connectivity index (χ1n) is 9.33. The Labute approximate surface area is 188 Å². The largest absolute Gasteiger partial charge is 0.322 e. The van der Waals surface area contributed by atoms with Gasteiger partial charge >= 0.3 is 0 Å². The minimum atomic E-state index is -4.16. The number of anilines is 1. The monoisotopic (exact) mass is 482 g/mol. The van der Waals surface area contributed by atoms with E-state index in [9.17, 15) is 26.4 Å². The van der Waals surface area contributed by atoms with Gasteiger partial charge in [0.1, 0.15) is 0 Å². The van der Waals surface area contributed by atoms with Crippen LogP contribution in [0.15, 0.2) is 65.6 Å². The molecule has 0 saturated heterocycles. The van der Waals surface area contributed by atoms with Gasteiger partial charge in [0.15, 0.2) is 17.5 Å². The van der Waals surface area contributed by atoms with Gasteiger partial charge in [-0.3, -0.25) is 4.79 Å². The lowest BCUT2D eigenvalue weighted by atomic mass is 10.1. The molecule has 168 valence electrons. The number of hydrogen-bond acceptors (Lipinski definition) is 3. The molecule has 1 N–H and O–H groups in total. The number of sulfonamides is 1. The van der Waals surface area contributed by atoms with Gasteiger partial charge in [-0.05, 0) is 54.4 Å². The molecule has 1 amide bonds. The minimum Gasteiger partial charge on any atom is -0.322 e. The van der Waals surface area contributed by atoms with Gasteiger partial charge in [0.05, 0.1) is 17.1 Å². The highest BCUT2D eigenvalue weighted by Crippen LogP contribution is 2.23. The molecule has 0 atom stereocenters. The maximum atomic E-state index is 13.9. The normalized spacial score (nSPS) is 11.6. The summed E-state index contributed by atoms with van der Waals surface area (Å²) >= 11 is 5.84. The van der Waals surface area contributed by atoms with Crippen LogP contribution in [-0.2, 0) is 21.4 Å². The lowest BCUT2D eigenvalue weighted by Crippen LogP contribution is -2.38. The van der Waals surface area contributed by atoms with Crippen LogP contribution in [0.2, 0.25) is 5.02 Å². The highest BCUT2D eigenvalue weighted by molar-refractivity contribution is 7.89. The molecule has 0 spiro atoms. The molecule has 32 heavy (non-hydrogen) atoms. The molecule has 0 radical (unpaired) electrons. The van der Waals surface area contributed by atoms with E-state index in [1.165, 1.54) is 24.3 Å². The first kappa shape index (κ1) is 23.8. The highest BCUT2D eigenvalue weighted by Gasteiger charge is 2.28. The third-order valence-corrected chi connectivity index (χ3v) is 6.75. The molecule has 0 unspecified atom stereocenters. The Morgan fingerprint density at radius 3 is 2.28 bits per heavy atom. The molecule has 0 aliphatic rings. The van der Waals surface area contributed by atoms with E-state index in [1.807, 2.05) is 0 Å². The smallest absolute Gasteiger partial charge is 0.243 e. The molecule has 0 bridgehead atoms. The maximum absolute atomic E-state index is 13.9. The van der Waals surface area contributed by atoms with E-state index in [4.69, 9.17) is 11.6 Å². The SMILES string of the molecule is Cc1ccccc1CN(CC(=O)Nc1ccc(F)c(F)c1F)S(=O)(=O)c1ccc(Cl)cc1. The number of benzene rings is 3. The minimum absolute atomic E-state index is 0.0951. The molecule has 0 heterocycles.